The van der Waals surface area contributed by atoms with Gasteiger partial charge >= 0.3 is 0 Å². The molecule has 66 valence electrons. The van der Waals surface area contributed by atoms with Crippen LogP contribution in [0.4, 0.5) is 0 Å². The molecule has 1 rings (SSSR count). The van der Waals surface area contributed by atoms with Gasteiger partial charge in [-0.1, -0.05) is 6.08 Å². The second-order valence-electron chi connectivity index (χ2n) is 2.29. The van der Waals surface area contributed by atoms with Crippen molar-refractivity contribution in [1.29, 1.82) is 0 Å². The Balaban J connectivity index is 2.57. The number of alkyl halides is 1. The van der Waals surface area contributed by atoms with E-state index in [1.165, 1.54) is 0 Å². The molecule has 3 heteroatoms. The summed E-state index contributed by atoms with van der Waals surface area (Å²) in [7, 11) is 1.64. The Morgan fingerprint density at radius 2 is 2.42 bits per heavy atom. The molecule has 0 amide bonds. The predicted molar refractivity (Wildman–Crippen MR) is 49.2 cm³/mol. The molecule has 0 unspecified atom stereocenters. The van der Waals surface area contributed by atoms with Gasteiger partial charge in [0.2, 0.25) is 0 Å². The third-order valence-electron chi connectivity index (χ3n) is 1.34. The van der Waals surface area contributed by atoms with Crippen LogP contribution in [-0.4, -0.2) is 13.0 Å². The van der Waals surface area contributed by atoms with Crippen molar-refractivity contribution in [2.24, 2.45) is 0 Å². The minimum Gasteiger partial charge on any atom is -0.459 e. The number of hydrogen-bond acceptors (Lipinski definition) is 2. The molecule has 0 aliphatic carbocycles. The summed E-state index contributed by atoms with van der Waals surface area (Å²) in [6.07, 6.45) is 3.67. The summed E-state index contributed by atoms with van der Waals surface area (Å²) in [5.74, 6) is 2.13. The molecule has 0 fully saturated rings. The molecule has 0 aliphatic rings. The number of allylic oxidation sites excluding steroid dienone is 1. The van der Waals surface area contributed by atoms with Crippen molar-refractivity contribution in [2.45, 2.75) is 6.61 Å². The fourth-order valence-electron chi connectivity index (χ4n) is 0.865. The first-order chi connectivity index (χ1) is 5.86. The lowest BCUT2D eigenvalue weighted by atomic mass is 10.4. The zero-order valence-corrected chi connectivity index (χ0v) is 7.67. The van der Waals surface area contributed by atoms with Crippen molar-refractivity contribution < 1.29 is 9.15 Å². The van der Waals surface area contributed by atoms with Crippen LogP contribution in [0.3, 0.4) is 0 Å². The Hall–Kier alpha value is -0.730. The molecule has 1 heterocycles. The molecule has 0 aliphatic heterocycles. The lowest BCUT2D eigenvalue weighted by Gasteiger charge is -1.91. The standard InChI is InChI=1S/C9H11ClO2/c1-11-7-9-5-4-8(12-9)3-2-6-10/h2-5H,6-7H2,1H3. The highest BCUT2D eigenvalue weighted by Crippen LogP contribution is 2.10. The van der Waals surface area contributed by atoms with Gasteiger partial charge in [-0.3, -0.25) is 0 Å². The van der Waals surface area contributed by atoms with E-state index in [-0.39, 0.29) is 0 Å². The summed E-state index contributed by atoms with van der Waals surface area (Å²) < 4.78 is 10.3. The minimum atomic E-state index is 0.500. The smallest absolute Gasteiger partial charge is 0.130 e. The van der Waals surface area contributed by atoms with Gasteiger partial charge in [0.05, 0.1) is 0 Å². The maximum absolute atomic E-state index is 5.47. The Morgan fingerprint density at radius 1 is 1.58 bits per heavy atom. The number of ether oxygens (including phenoxy) is 1. The average molecular weight is 187 g/mol. The third kappa shape index (κ3) is 2.72. The Morgan fingerprint density at radius 3 is 3.08 bits per heavy atom. The molecular formula is C9H11ClO2. The van der Waals surface area contributed by atoms with E-state index in [0.717, 1.165) is 11.5 Å². The topological polar surface area (TPSA) is 22.4 Å². The summed E-state index contributed by atoms with van der Waals surface area (Å²) >= 11 is 5.47. The fraction of sp³-hybridized carbons (Fsp3) is 0.333. The monoisotopic (exact) mass is 186 g/mol. The van der Waals surface area contributed by atoms with Gasteiger partial charge in [-0.25, -0.2) is 0 Å². The molecule has 0 radical (unpaired) electrons. The van der Waals surface area contributed by atoms with Crippen molar-refractivity contribution in [3.63, 3.8) is 0 Å². The molecule has 12 heavy (non-hydrogen) atoms. The van der Waals surface area contributed by atoms with Crippen LogP contribution in [0.15, 0.2) is 22.6 Å². The Bertz CT molecular complexity index is 253. The van der Waals surface area contributed by atoms with Crippen molar-refractivity contribution in [2.75, 3.05) is 13.0 Å². The van der Waals surface area contributed by atoms with E-state index >= 15 is 0 Å². The molecule has 0 spiro atoms. The number of rotatable bonds is 4. The molecule has 0 N–H and O–H groups in total. The predicted octanol–water partition coefficient (Wildman–Crippen LogP) is 2.68. The van der Waals surface area contributed by atoms with Crippen molar-refractivity contribution in [1.82, 2.24) is 0 Å². The quantitative estimate of drug-likeness (QED) is 0.675. The van der Waals surface area contributed by atoms with Gasteiger partial charge in [-0.2, -0.15) is 0 Å². The highest BCUT2D eigenvalue weighted by Gasteiger charge is 1.96. The third-order valence-corrected chi connectivity index (χ3v) is 1.52. The largest absolute Gasteiger partial charge is 0.459 e. The molecule has 0 bridgehead atoms. The lowest BCUT2D eigenvalue weighted by molar-refractivity contribution is 0.164. The van der Waals surface area contributed by atoms with E-state index in [9.17, 15) is 0 Å². The van der Waals surface area contributed by atoms with Crippen LogP contribution in [0.2, 0.25) is 0 Å². The van der Waals surface area contributed by atoms with E-state index < -0.39 is 0 Å². The number of halogens is 1. The summed E-state index contributed by atoms with van der Waals surface area (Å²) in [6, 6.07) is 3.77. The van der Waals surface area contributed by atoms with Crippen LogP contribution < -0.4 is 0 Å². The molecule has 1 aromatic rings. The second-order valence-corrected chi connectivity index (χ2v) is 2.60. The first-order valence-corrected chi connectivity index (χ1v) is 4.20. The first kappa shape index (κ1) is 9.36. The zero-order chi connectivity index (χ0) is 8.81. The maximum Gasteiger partial charge on any atom is 0.130 e. The van der Waals surface area contributed by atoms with Crippen LogP contribution in [0.25, 0.3) is 6.08 Å². The summed E-state index contributed by atoms with van der Waals surface area (Å²) in [4.78, 5) is 0. The highest BCUT2D eigenvalue weighted by molar-refractivity contribution is 6.19. The molecule has 0 saturated heterocycles. The molecular weight excluding hydrogens is 176 g/mol. The molecule has 2 nitrogen and oxygen atoms in total. The first-order valence-electron chi connectivity index (χ1n) is 3.67. The van der Waals surface area contributed by atoms with Gasteiger partial charge in [0.25, 0.3) is 0 Å². The SMILES string of the molecule is COCc1ccc(C=CCCl)o1. The van der Waals surface area contributed by atoms with E-state index in [1.54, 1.807) is 7.11 Å². The van der Waals surface area contributed by atoms with E-state index in [0.29, 0.717) is 12.5 Å². The van der Waals surface area contributed by atoms with Crippen LogP contribution in [0.1, 0.15) is 11.5 Å². The van der Waals surface area contributed by atoms with E-state index in [2.05, 4.69) is 0 Å². The molecule has 0 atom stereocenters. The molecule has 0 aromatic carbocycles. The van der Waals surface area contributed by atoms with Crippen LogP contribution in [0.5, 0.6) is 0 Å². The van der Waals surface area contributed by atoms with Gasteiger partial charge in [0.1, 0.15) is 18.1 Å². The summed E-state index contributed by atoms with van der Waals surface area (Å²) in [6.45, 7) is 0.509. The number of methoxy groups -OCH3 is 1. The highest BCUT2D eigenvalue weighted by atomic mass is 35.5. The van der Waals surface area contributed by atoms with Crippen LogP contribution in [-0.2, 0) is 11.3 Å². The minimum absolute atomic E-state index is 0.500. The summed E-state index contributed by atoms with van der Waals surface area (Å²) in [5, 5.41) is 0. The fourth-order valence-corrected chi connectivity index (χ4v) is 0.954. The van der Waals surface area contributed by atoms with Crippen molar-refractivity contribution in [3.05, 3.63) is 29.7 Å². The van der Waals surface area contributed by atoms with E-state index in [1.807, 2.05) is 24.3 Å². The van der Waals surface area contributed by atoms with Gasteiger partial charge in [0.15, 0.2) is 0 Å². The molecule has 0 saturated carbocycles. The van der Waals surface area contributed by atoms with Crippen LogP contribution in [0, 0.1) is 0 Å². The van der Waals surface area contributed by atoms with E-state index in [4.69, 9.17) is 20.8 Å². The Kier molecular flexibility index (Phi) is 3.91. The van der Waals surface area contributed by atoms with Crippen LogP contribution >= 0.6 is 11.6 Å². The Labute approximate surface area is 76.8 Å². The van der Waals surface area contributed by atoms with Crippen molar-refractivity contribution in [3.8, 4) is 0 Å². The summed E-state index contributed by atoms with van der Waals surface area (Å²) in [5.41, 5.74) is 0. The molecule has 1 aromatic heterocycles. The van der Waals surface area contributed by atoms with Gasteiger partial charge < -0.3 is 9.15 Å². The lowest BCUT2D eigenvalue weighted by Crippen LogP contribution is -1.81. The number of hydrogen-bond donors (Lipinski definition) is 0. The van der Waals surface area contributed by atoms with Gasteiger partial charge in [-0.15, -0.1) is 11.6 Å². The maximum atomic E-state index is 5.47. The average Bonchev–Trinajstić information content (AvgIpc) is 2.50. The number of furan rings is 1. The van der Waals surface area contributed by atoms with Gasteiger partial charge in [0, 0.05) is 13.0 Å². The zero-order valence-electron chi connectivity index (χ0n) is 6.92. The second kappa shape index (κ2) is 5.01. The van der Waals surface area contributed by atoms with Gasteiger partial charge in [-0.05, 0) is 18.2 Å². The normalized spacial score (nSPS) is 11.2. The van der Waals surface area contributed by atoms with Crippen molar-refractivity contribution >= 4 is 17.7 Å².